The topological polar surface area (TPSA) is 17.1 Å². The van der Waals surface area contributed by atoms with E-state index in [0.717, 1.165) is 25.9 Å². The monoisotopic (exact) mass is 316 g/mol. The molecule has 0 amide bonds. The summed E-state index contributed by atoms with van der Waals surface area (Å²) in [6.45, 7) is 2.04. The number of benzene rings is 4. The molecular formula is C21H16OS. The largest absolute Gasteiger partial charge is 0.249 e. The van der Waals surface area contributed by atoms with Gasteiger partial charge in [-0.3, -0.25) is 0 Å². The van der Waals surface area contributed by atoms with Crippen LogP contribution < -0.4 is 0 Å². The quantitative estimate of drug-likeness (QED) is 0.448. The van der Waals surface area contributed by atoms with Crippen molar-refractivity contribution in [1.29, 1.82) is 0 Å². The molecule has 2 heteroatoms. The molecular weight excluding hydrogens is 300 g/mol. The zero-order valence-corrected chi connectivity index (χ0v) is 13.6. The molecule has 1 nitrogen and oxygen atoms in total. The van der Waals surface area contributed by atoms with Crippen LogP contribution in [0.15, 0.2) is 88.7 Å². The fourth-order valence-electron chi connectivity index (χ4n) is 2.96. The maximum atomic E-state index is 13.1. The van der Waals surface area contributed by atoms with Crippen molar-refractivity contribution in [3.63, 3.8) is 0 Å². The van der Waals surface area contributed by atoms with Gasteiger partial charge >= 0.3 is 0 Å². The predicted octanol–water partition coefficient (Wildman–Crippen LogP) is 5.47. The van der Waals surface area contributed by atoms with Crippen molar-refractivity contribution < 1.29 is 4.21 Å². The summed E-state index contributed by atoms with van der Waals surface area (Å²) in [6, 6.07) is 26.5. The standard InChI is InChI=1S/C21H16OS/c1-15-10-12-17(13-11-15)23(22)21-14-16-6-2-3-7-18(16)19-8-4-5-9-20(19)21/h2-14H,1H3. The third kappa shape index (κ3) is 2.45. The highest BCUT2D eigenvalue weighted by molar-refractivity contribution is 7.85. The summed E-state index contributed by atoms with van der Waals surface area (Å²) in [5.74, 6) is 0. The first-order valence-corrected chi connectivity index (χ1v) is 8.78. The molecule has 4 aromatic rings. The maximum absolute atomic E-state index is 13.1. The van der Waals surface area contributed by atoms with Crippen LogP contribution >= 0.6 is 0 Å². The summed E-state index contributed by atoms with van der Waals surface area (Å²) >= 11 is 0. The van der Waals surface area contributed by atoms with Crippen LogP contribution in [0, 0.1) is 6.92 Å². The van der Waals surface area contributed by atoms with Crippen LogP contribution in [-0.2, 0) is 10.8 Å². The third-order valence-corrected chi connectivity index (χ3v) is 5.60. The molecule has 0 aliphatic heterocycles. The molecule has 0 fully saturated rings. The molecule has 0 N–H and O–H groups in total. The van der Waals surface area contributed by atoms with E-state index in [4.69, 9.17) is 0 Å². The lowest BCUT2D eigenvalue weighted by Gasteiger charge is -2.10. The van der Waals surface area contributed by atoms with Crippen LogP contribution in [0.4, 0.5) is 0 Å². The molecule has 0 aliphatic carbocycles. The molecule has 23 heavy (non-hydrogen) atoms. The Morgan fingerprint density at radius 3 is 2.04 bits per heavy atom. The molecule has 0 saturated carbocycles. The van der Waals surface area contributed by atoms with Gasteiger partial charge in [-0.15, -0.1) is 0 Å². The van der Waals surface area contributed by atoms with Gasteiger partial charge in [0.2, 0.25) is 0 Å². The molecule has 112 valence electrons. The summed E-state index contributed by atoms with van der Waals surface area (Å²) in [6.07, 6.45) is 0. The Bertz CT molecular complexity index is 1030. The summed E-state index contributed by atoms with van der Waals surface area (Å²) in [7, 11) is -1.19. The Kier molecular flexibility index (Phi) is 3.47. The number of aryl methyl sites for hydroxylation is 1. The van der Waals surface area contributed by atoms with Gasteiger partial charge < -0.3 is 0 Å². The maximum Gasteiger partial charge on any atom is 0.0856 e. The first-order chi connectivity index (χ1) is 11.2. The van der Waals surface area contributed by atoms with E-state index < -0.39 is 10.8 Å². The van der Waals surface area contributed by atoms with E-state index in [1.807, 2.05) is 55.5 Å². The summed E-state index contributed by atoms with van der Waals surface area (Å²) in [5.41, 5.74) is 1.18. The van der Waals surface area contributed by atoms with Crippen molar-refractivity contribution in [2.45, 2.75) is 16.7 Å². The lowest BCUT2D eigenvalue weighted by Crippen LogP contribution is -1.95. The van der Waals surface area contributed by atoms with E-state index >= 15 is 0 Å². The molecule has 0 radical (unpaired) electrons. The number of hydrogen-bond donors (Lipinski definition) is 0. The lowest BCUT2D eigenvalue weighted by atomic mass is 10.0. The van der Waals surface area contributed by atoms with Crippen LogP contribution in [0.25, 0.3) is 21.5 Å². The van der Waals surface area contributed by atoms with E-state index in [2.05, 4.69) is 30.3 Å². The molecule has 0 aliphatic rings. The van der Waals surface area contributed by atoms with E-state index in [9.17, 15) is 4.21 Å². The minimum absolute atomic E-state index is 0.844. The van der Waals surface area contributed by atoms with Gasteiger partial charge in [-0.1, -0.05) is 66.2 Å². The minimum Gasteiger partial charge on any atom is -0.249 e. The van der Waals surface area contributed by atoms with Crippen LogP contribution in [0.3, 0.4) is 0 Å². The second-order valence-corrected chi connectivity index (χ2v) is 7.17. The van der Waals surface area contributed by atoms with E-state index in [1.54, 1.807) is 0 Å². The second kappa shape index (κ2) is 5.64. The van der Waals surface area contributed by atoms with Gasteiger partial charge in [0.1, 0.15) is 0 Å². The molecule has 1 atom stereocenters. The second-order valence-electron chi connectivity index (χ2n) is 5.72. The minimum atomic E-state index is -1.19. The highest BCUT2D eigenvalue weighted by Crippen LogP contribution is 2.32. The Labute approximate surface area is 138 Å². The number of rotatable bonds is 2. The Balaban J connectivity index is 2.01. The number of hydrogen-bond acceptors (Lipinski definition) is 1. The van der Waals surface area contributed by atoms with Crippen molar-refractivity contribution in [2.24, 2.45) is 0 Å². The molecule has 0 saturated heterocycles. The SMILES string of the molecule is Cc1ccc(S(=O)c2cc3ccccc3c3ccccc23)cc1. The zero-order chi connectivity index (χ0) is 15.8. The fourth-order valence-corrected chi connectivity index (χ4v) is 4.21. The highest BCUT2D eigenvalue weighted by Gasteiger charge is 2.13. The van der Waals surface area contributed by atoms with E-state index in [0.29, 0.717) is 0 Å². The van der Waals surface area contributed by atoms with Gasteiger partial charge in [0.05, 0.1) is 15.7 Å². The summed E-state index contributed by atoms with van der Waals surface area (Å²) in [4.78, 5) is 1.72. The van der Waals surface area contributed by atoms with Crippen molar-refractivity contribution in [3.8, 4) is 0 Å². The molecule has 4 rings (SSSR count). The average molecular weight is 316 g/mol. The normalized spacial score (nSPS) is 12.6. The molecule has 4 aromatic carbocycles. The lowest BCUT2D eigenvalue weighted by molar-refractivity contribution is 0.684. The Morgan fingerprint density at radius 2 is 1.30 bits per heavy atom. The third-order valence-electron chi connectivity index (χ3n) is 4.16. The van der Waals surface area contributed by atoms with Crippen molar-refractivity contribution in [3.05, 3.63) is 84.4 Å². The van der Waals surface area contributed by atoms with Crippen LogP contribution in [-0.4, -0.2) is 4.21 Å². The summed E-state index contributed by atoms with van der Waals surface area (Å²) < 4.78 is 13.1. The summed E-state index contributed by atoms with van der Waals surface area (Å²) in [5, 5.41) is 4.54. The first-order valence-electron chi connectivity index (χ1n) is 7.63. The van der Waals surface area contributed by atoms with Gasteiger partial charge in [0.25, 0.3) is 0 Å². The van der Waals surface area contributed by atoms with Gasteiger partial charge in [-0.05, 0) is 46.7 Å². The van der Waals surface area contributed by atoms with Gasteiger partial charge in [-0.25, -0.2) is 4.21 Å². The van der Waals surface area contributed by atoms with Crippen LogP contribution in [0.5, 0.6) is 0 Å². The smallest absolute Gasteiger partial charge is 0.0856 e. The zero-order valence-electron chi connectivity index (χ0n) is 12.8. The fraction of sp³-hybridized carbons (Fsp3) is 0.0476. The van der Waals surface area contributed by atoms with E-state index in [1.165, 1.54) is 10.9 Å². The van der Waals surface area contributed by atoms with Gasteiger partial charge in [-0.2, -0.15) is 0 Å². The highest BCUT2D eigenvalue weighted by atomic mass is 32.2. The molecule has 0 bridgehead atoms. The molecule has 0 aromatic heterocycles. The molecule has 1 unspecified atom stereocenters. The van der Waals surface area contributed by atoms with Crippen LogP contribution in [0.2, 0.25) is 0 Å². The van der Waals surface area contributed by atoms with Crippen LogP contribution in [0.1, 0.15) is 5.56 Å². The Morgan fingerprint density at radius 1 is 0.696 bits per heavy atom. The van der Waals surface area contributed by atoms with Crippen molar-refractivity contribution in [1.82, 2.24) is 0 Å². The predicted molar refractivity (Wildman–Crippen MR) is 97.3 cm³/mol. The van der Waals surface area contributed by atoms with Gasteiger partial charge in [0, 0.05) is 4.90 Å². The average Bonchev–Trinajstić information content (AvgIpc) is 2.61. The first kappa shape index (κ1) is 14.2. The van der Waals surface area contributed by atoms with E-state index in [-0.39, 0.29) is 0 Å². The molecule has 0 heterocycles. The van der Waals surface area contributed by atoms with Crippen molar-refractivity contribution >= 4 is 32.3 Å². The van der Waals surface area contributed by atoms with Gasteiger partial charge in [0.15, 0.2) is 0 Å². The van der Waals surface area contributed by atoms with Crippen molar-refractivity contribution in [2.75, 3.05) is 0 Å². The number of fused-ring (bicyclic) bond motifs is 3. The Hall–Kier alpha value is -2.45. The molecule has 0 spiro atoms.